The molecule has 54 heavy (non-hydrogen) atoms. The fourth-order valence-electron chi connectivity index (χ4n) is 8.51. The van der Waals surface area contributed by atoms with Gasteiger partial charge in [-0.2, -0.15) is 0 Å². The number of furan rings is 1. The summed E-state index contributed by atoms with van der Waals surface area (Å²) in [6.07, 6.45) is 0. The number of rotatable bonds is 5. The number of benzene rings is 10. The molecule has 1 aromatic heterocycles. The molecular formula is C52H33NO. The van der Waals surface area contributed by atoms with Gasteiger partial charge in [0.05, 0.1) is 5.69 Å². The van der Waals surface area contributed by atoms with Gasteiger partial charge in [0.1, 0.15) is 11.2 Å². The van der Waals surface area contributed by atoms with Crippen LogP contribution in [0.25, 0.3) is 87.3 Å². The molecular weight excluding hydrogens is 655 g/mol. The third-order valence-corrected chi connectivity index (χ3v) is 11.0. The van der Waals surface area contributed by atoms with Crippen LogP contribution < -0.4 is 4.90 Å². The Morgan fingerprint density at radius 2 is 0.833 bits per heavy atom. The summed E-state index contributed by atoms with van der Waals surface area (Å²) in [5.41, 5.74) is 9.95. The van der Waals surface area contributed by atoms with Crippen molar-refractivity contribution in [2.75, 3.05) is 4.90 Å². The van der Waals surface area contributed by atoms with Crippen LogP contribution in [0.3, 0.4) is 0 Å². The van der Waals surface area contributed by atoms with E-state index < -0.39 is 0 Å². The highest BCUT2D eigenvalue weighted by Gasteiger charge is 2.21. The van der Waals surface area contributed by atoms with E-state index in [1.54, 1.807) is 0 Å². The minimum absolute atomic E-state index is 0.912. The van der Waals surface area contributed by atoms with Gasteiger partial charge in [0.15, 0.2) is 0 Å². The lowest BCUT2D eigenvalue weighted by Gasteiger charge is -2.28. The SMILES string of the molecule is c1ccc(-c2ccc(N(c3ccc(-c4ccc5ccccc5c4)cc3)c3cccc4c5ccc6oc7ccccc7c6c5c5ccccc5c34)cc2)cc1. The van der Waals surface area contributed by atoms with E-state index in [-0.39, 0.29) is 0 Å². The second kappa shape index (κ2) is 12.2. The highest BCUT2D eigenvalue weighted by molar-refractivity contribution is 6.36. The van der Waals surface area contributed by atoms with E-state index in [0.717, 1.165) is 33.6 Å². The van der Waals surface area contributed by atoms with Crippen molar-refractivity contribution in [2.24, 2.45) is 0 Å². The van der Waals surface area contributed by atoms with Crippen molar-refractivity contribution in [3.05, 3.63) is 200 Å². The van der Waals surface area contributed by atoms with Gasteiger partial charge in [-0.05, 0) is 109 Å². The molecule has 0 amide bonds. The predicted octanol–water partition coefficient (Wildman–Crippen LogP) is 15.0. The van der Waals surface area contributed by atoms with Gasteiger partial charge >= 0.3 is 0 Å². The minimum atomic E-state index is 0.912. The molecule has 0 unspecified atom stereocenters. The number of nitrogens with zero attached hydrogens (tertiary/aromatic N) is 1. The van der Waals surface area contributed by atoms with E-state index in [0.29, 0.717) is 0 Å². The van der Waals surface area contributed by atoms with Crippen molar-refractivity contribution in [3.63, 3.8) is 0 Å². The molecule has 2 nitrogen and oxygen atoms in total. The Bertz CT molecular complexity index is 3160. The fourth-order valence-corrected chi connectivity index (χ4v) is 8.51. The Kier molecular flexibility index (Phi) is 6.90. The van der Waals surface area contributed by atoms with E-state index in [4.69, 9.17) is 4.42 Å². The summed E-state index contributed by atoms with van der Waals surface area (Å²) in [6, 6.07) is 72.3. The molecule has 0 aliphatic rings. The van der Waals surface area contributed by atoms with Gasteiger partial charge in [0, 0.05) is 32.9 Å². The molecule has 0 spiro atoms. The third-order valence-electron chi connectivity index (χ3n) is 11.0. The maximum atomic E-state index is 6.40. The molecule has 0 fully saturated rings. The largest absolute Gasteiger partial charge is 0.456 e. The average Bonchev–Trinajstić information content (AvgIpc) is 3.63. The topological polar surface area (TPSA) is 16.4 Å². The molecule has 1 heterocycles. The van der Waals surface area contributed by atoms with E-state index in [2.05, 4.69) is 199 Å². The highest BCUT2D eigenvalue weighted by Crippen LogP contribution is 2.47. The molecule has 0 aliphatic heterocycles. The van der Waals surface area contributed by atoms with Crippen LogP contribution in [0.1, 0.15) is 0 Å². The first-order valence-corrected chi connectivity index (χ1v) is 18.5. The van der Waals surface area contributed by atoms with Crippen LogP contribution in [-0.4, -0.2) is 0 Å². The van der Waals surface area contributed by atoms with Gasteiger partial charge in [-0.3, -0.25) is 0 Å². The van der Waals surface area contributed by atoms with E-state index in [1.807, 2.05) is 6.07 Å². The van der Waals surface area contributed by atoms with Crippen molar-refractivity contribution in [3.8, 4) is 22.3 Å². The monoisotopic (exact) mass is 687 g/mol. The van der Waals surface area contributed by atoms with Gasteiger partial charge < -0.3 is 9.32 Å². The van der Waals surface area contributed by atoms with Crippen LogP contribution in [0.15, 0.2) is 205 Å². The van der Waals surface area contributed by atoms with E-state index in [1.165, 1.54) is 70.7 Å². The Labute approximate surface area is 312 Å². The summed E-state index contributed by atoms with van der Waals surface area (Å²) in [5.74, 6) is 0. The van der Waals surface area contributed by atoms with Crippen LogP contribution in [0.5, 0.6) is 0 Å². The number of fused-ring (bicyclic) bond motifs is 11. The Morgan fingerprint density at radius 3 is 1.57 bits per heavy atom. The first-order chi connectivity index (χ1) is 26.8. The van der Waals surface area contributed by atoms with Crippen molar-refractivity contribution in [2.45, 2.75) is 0 Å². The quantitative estimate of drug-likeness (QED) is 0.168. The lowest BCUT2D eigenvalue weighted by molar-refractivity contribution is 0.669. The van der Waals surface area contributed by atoms with Crippen molar-refractivity contribution >= 4 is 82.1 Å². The van der Waals surface area contributed by atoms with E-state index >= 15 is 0 Å². The van der Waals surface area contributed by atoms with Gasteiger partial charge in [-0.1, -0.05) is 146 Å². The molecule has 2 heteroatoms. The summed E-state index contributed by atoms with van der Waals surface area (Å²) >= 11 is 0. The van der Waals surface area contributed by atoms with Gasteiger partial charge in [-0.15, -0.1) is 0 Å². The summed E-state index contributed by atoms with van der Waals surface area (Å²) in [6.45, 7) is 0. The molecule has 0 atom stereocenters. The molecule has 10 aromatic carbocycles. The second-order valence-electron chi connectivity index (χ2n) is 14.1. The Balaban J connectivity index is 1.15. The zero-order valence-electron chi connectivity index (χ0n) is 29.4. The molecule has 0 aliphatic carbocycles. The van der Waals surface area contributed by atoms with Crippen molar-refractivity contribution in [1.29, 1.82) is 0 Å². The maximum absolute atomic E-state index is 6.40. The Hall–Kier alpha value is -7.16. The number of para-hydroxylation sites is 1. The zero-order chi connectivity index (χ0) is 35.6. The summed E-state index contributed by atoms with van der Waals surface area (Å²) in [7, 11) is 0. The number of anilines is 3. The number of hydrogen-bond acceptors (Lipinski definition) is 2. The first-order valence-electron chi connectivity index (χ1n) is 18.5. The Morgan fingerprint density at radius 1 is 0.296 bits per heavy atom. The van der Waals surface area contributed by atoms with Gasteiger partial charge in [-0.25, -0.2) is 0 Å². The molecule has 0 radical (unpaired) electrons. The molecule has 11 rings (SSSR count). The maximum Gasteiger partial charge on any atom is 0.136 e. The lowest BCUT2D eigenvalue weighted by atomic mass is 9.90. The minimum Gasteiger partial charge on any atom is -0.456 e. The van der Waals surface area contributed by atoms with Crippen LogP contribution in [-0.2, 0) is 0 Å². The first kappa shape index (κ1) is 30.5. The summed E-state index contributed by atoms with van der Waals surface area (Å²) in [5, 5.41) is 12.1. The summed E-state index contributed by atoms with van der Waals surface area (Å²) < 4.78 is 6.40. The number of hydrogen-bond donors (Lipinski definition) is 0. The normalized spacial score (nSPS) is 11.7. The molecule has 0 N–H and O–H groups in total. The van der Waals surface area contributed by atoms with Crippen LogP contribution in [0.2, 0.25) is 0 Å². The van der Waals surface area contributed by atoms with Crippen LogP contribution >= 0.6 is 0 Å². The molecule has 0 saturated heterocycles. The van der Waals surface area contributed by atoms with Gasteiger partial charge in [0.2, 0.25) is 0 Å². The van der Waals surface area contributed by atoms with Gasteiger partial charge in [0.25, 0.3) is 0 Å². The molecule has 252 valence electrons. The standard InChI is InChI=1S/C52H33NO/c1-2-11-34(12-3-1)36-23-27-40(28-24-36)53(41-29-25-37(26-30-41)39-22-21-35-13-4-5-14-38(35)33-39)47-19-10-18-43-45-31-32-49-52(46-17-8-9-20-48(46)54-49)51(45)44-16-7-6-15-42(44)50(43)47/h1-33H. The second-order valence-corrected chi connectivity index (χ2v) is 14.1. The highest BCUT2D eigenvalue weighted by atomic mass is 16.3. The summed E-state index contributed by atoms with van der Waals surface area (Å²) in [4.78, 5) is 2.42. The smallest absolute Gasteiger partial charge is 0.136 e. The average molecular weight is 688 g/mol. The van der Waals surface area contributed by atoms with Crippen LogP contribution in [0, 0.1) is 0 Å². The molecule has 11 aromatic rings. The predicted molar refractivity (Wildman–Crippen MR) is 229 cm³/mol. The fraction of sp³-hybridized carbons (Fsp3) is 0. The van der Waals surface area contributed by atoms with Crippen molar-refractivity contribution in [1.82, 2.24) is 0 Å². The molecule has 0 bridgehead atoms. The van der Waals surface area contributed by atoms with E-state index in [9.17, 15) is 0 Å². The van der Waals surface area contributed by atoms with Crippen molar-refractivity contribution < 1.29 is 4.42 Å². The molecule has 0 saturated carbocycles. The van der Waals surface area contributed by atoms with Crippen LogP contribution in [0.4, 0.5) is 17.1 Å². The third kappa shape index (κ3) is 4.81. The zero-order valence-corrected chi connectivity index (χ0v) is 29.4. The lowest BCUT2D eigenvalue weighted by Crippen LogP contribution is -2.10.